The lowest BCUT2D eigenvalue weighted by Gasteiger charge is -2.16. The van der Waals surface area contributed by atoms with Gasteiger partial charge < -0.3 is 10.6 Å². The minimum Gasteiger partial charge on any atom is -0.350 e. The molecule has 1 amide bonds. The Labute approximate surface area is 113 Å². The zero-order valence-corrected chi connectivity index (χ0v) is 12.0. The van der Waals surface area contributed by atoms with E-state index >= 15 is 0 Å². The summed E-state index contributed by atoms with van der Waals surface area (Å²) in [7, 11) is 0. The quantitative estimate of drug-likeness (QED) is 0.802. The lowest BCUT2D eigenvalue weighted by molar-refractivity contribution is 0.0958. The summed E-state index contributed by atoms with van der Waals surface area (Å²) in [6.45, 7) is 6.84. The second kappa shape index (κ2) is 6.34. The van der Waals surface area contributed by atoms with E-state index in [2.05, 4.69) is 30.5 Å². The first kappa shape index (κ1) is 13.6. The summed E-state index contributed by atoms with van der Waals surface area (Å²) in [4.78, 5) is 14.3. The van der Waals surface area contributed by atoms with Gasteiger partial charge in [0.15, 0.2) is 0 Å². The van der Waals surface area contributed by atoms with E-state index < -0.39 is 0 Å². The van der Waals surface area contributed by atoms with Crippen LogP contribution in [0.25, 0.3) is 0 Å². The smallest absolute Gasteiger partial charge is 0.261 e. The van der Waals surface area contributed by atoms with Crippen LogP contribution in [0.4, 0.5) is 0 Å². The molecule has 1 aromatic heterocycles. The van der Waals surface area contributed by atoms with Crippen molar-refractivity contribution < 1.29 is 4.79 Å². The highest BCUT2D eigenvalue weighted by Gasteiger charge is 2.20. The Bertz CT molecular complexity index is 414. The molecule has 1 aliphatic carbocycles. The van der Waals surface area contributed by atoms with Crippen LogP contribution >= 0.6 is 11.3 Å². The number of carbonyl (C=O) groups is 1. The number of fused-ring (bicyclic) bond motifs is 1. The largest absolute Gasteiger partial charge is 0.350 e. The van der Waals surface area contributed by atoms with E-state index in [-0.39, 0.29) is 5.91 Å². The highest BCUT2D eigenvalue weighted by atomic mass is 32.1. The number of hydrogen-bond donors (Lipinski definition) is 2. The van der Waals surface area contributed by atoms with Crippen LogP contribution in [0, 0.1) is 5.92 Å². The fraction of sp³-hybridized carbons (Fsp3) is 0.643. The molecule has 1 aromatic rings. The topological polar surface area (TPSA) is 41.1 Å². The summed E-state index contributed by atoms with van der Waals surface area (Å²) < 4.78 is 0. The van der Waals surface area contributed by atoms with Crippen molar-refractivity contribution in [2.75, 3.05) is 19.6 Å². The predicted molar refractivity (Wildman–Crippen MR) is 76.4 cm³/mol. The number of hydrogen-bond acceptors (Lipinski definition) is 3. The van der Waals surface area contributed by atoms with Crippen molar-refractivity contribution in [3.8, 4) is 0 Å². The van der Waals surface area contributed by atoms with Gasteiger partial charge in [-0.15, -0.1) is 11.3 Å². The maximum Gasteiger partial charge on any atom is 0.261 e. The molecule has 18 heavy (non-hydrogen) atoms. The molecule has 100 valence electrons. The van der Waals surface area contributed by atoms with Crippen molar-refractivity contribution >= 4 is 17.2 Å². The van der Waals surface area contributed by atoms with Gasteiger partial charge >= 0.3 is 0 Å². The Balaban J connectivity index is 1.91. The Morgan fingerprint density at radius 3 is 3.11 bits per heavy atom. The van der Waals surface area contributed by atoms with Gasteiger partial charge in [-0.2, -0.15) is 0 Å². The van der Waals surface area contributed by atoms with E-state index in [1.165, 1.54) is 16.9 Å². The molecule has 4 heteroatoms. The monoisotopic (exact) mass is 266 g/mol. The summed E-state index contributed by atoms with van der Waals surface area (Å²) in [6, 6.07) is 2.10. The molecule has 2 N–H and O–H groups in total. The number of nitrogens with one attached hydrogen (secondary N) is 2. The van der Waals surface area contributed by atoms with Gasteiger partial charge in [0.2, 0.25) is 0 Å². The Kier molecular flexibility index (Phi) is 4.78. The van der Waals surface area contributed by atoms with Crippen molar-refractivity contribution in [3.63, 3.8) is 0 Å². The third kappa shape index (κ3) is 3.33. The molecule has 0 bridgehead atoms. The summed E-state index contributed by atoms with van der Waals surface area (Å²) >= 11 is 1.68. The van der Waals surface area contributed by atoms with Gasteiger partial charge in [-0.05, 0) is 43.4 Å². The molecule has 0 spiro atoms. The number of amides is 1. The number of rotatable bonds is 5. The van der Waals surface area contributed by atoms with Gasteiger partial charge in [0, 0.05) is 18.0 Å². The summed E-state index contributed by atoms with van der Waals surface area (Å²) in [6.07, 6.45) is 3.54. The maximum absolute atomic E-state index is 12.0. The molecule has 0 aliphatic heterocycles. The highest BCUT2D eigenvalue weighted by molar-refractivity contribution is 7.14. The average molecular weight is 266 g/mol. The molecule has 0 radical (unpaired) electrons. The van der Waals surface area contributed by atoms with Crippen LogP contribution in [0.1, 0.15) is 40.4 Å². The van der Waals surface area contributed by atoms with Crippen molar-refractivity contribution in [2.24, 2.45) is 5.92 Å². The molecule has 0 fully saturated rings. The van der Waals surface area contributed by atoms with Crippen LogP contribution in [0.3, 0.4) is 0 Å². The third-order valence-electron chi connectivity index (χ3n) is 3.39. The lowest BCUT2D eigenvalue weighted by atomic mass is 9.90. The second-order valence-corrected chi connectivity index (χ2v) is 6.15. The van der Waals surface area contributed by atoms with Gasteiger partial charge in [0.1, 0.15) is 0 Å². The van der Waals surface area contributed by atoms with E-state index in [0.717, 1.165) is 36.7 Å². The second-order valence-electron chi connectivity index (χ2n) is 5.02. The average Bonchev–Trinajstić information content (AvgIpc) is 2.77. The molecule has 0 aromatic carbocycles. The predicted octanol–water partition coefficient (Wildman–Crippen LogP) is 2.21. The van der Waals surface area contributed by atoms with Crippen LogP contribution in [0.15, 0.2) is 6.07 Å². The van der Waals surface area contributed by atoms with Crippen LogP contribution < -0.4 is 10.6 Å². The minimum absolute atomic E-state index is 0.0833. The standard InChI is InChI=1S/C14H22N2OS/c1-3-15-6-7-16-14(17)13-9-11-8-10(2)4-5-12(11)18-13/h9-10,15H,3-8H2,1-2H3,(H,16,17). The fourth-order valence-electron chi connectivity index (χ4n) is 2.35. The van der Waals surface area contributed by atoms with E-state index in [1.54, 1.807) is 11.3 Å². The lowest BCUT2D eigenvalue weighted by Crippen LogP contribution is -2.31. The molecular weight excluding hydrogens is 244 g/mol. The van der Waals surface area contributed by atoms with Gasteiger partial charge in [-0.1, -0.05) is 13.8 Å². The number of thiophene rings is 1. The molecule has 1 atom stereocenters. The van der Waals surface area contributed by atoms with Gasteiger partial charge in [-0.3, -0.25) is 4.79 Å². The van der Waals surface area contributed by atoms with Crippen LogP contribution in [-0.2, 0) is 12.8 Å². The first-order chi connectivity index (χ1) is 8.70. The van der Waals surface area contributed by atoms with Crippen LogP contribution in [-0.4, -0.2) is 25.5 Å². The normalized spacial score (nSPS) is 18.4. The molecule has 0 saturated heterocycles. The summed E-state index contributed by atoms with van der Waals surface area (Å²) in [5.41, 5.74) is 1.40. The molecule has 1 aliphatic rings. The van der Waals surface area contributed by atoms with Gasteiger partial charge in [0.25, 0.3) is 5.91 Å². The van der Waals surface area contributed by atoms with Crippen molar-refractivity contribution in [1.29, 1.82) is 0 Å². The van der Waals surface area contributed by atoms with E-state index in [0.29, 0.717) is 6.54 Å². The van der Waals surface area contributed by atoms with Crippen LogP contribution in [0.5, 0.6) is 0 Å². The summed E-state index contributed by atoms with van der Waals surface area (Å²) in [5.74, 6) is 0.844. The zero-order valence-electron chi connectivity index (χ0n) is 11.2. The fourth-order valence-corrected chi connectivity index (χ4v) is 3.47. The van der Waals surface area contributed by atoms with E-state index in [4.69, 9.17) is 0 Å². The highest BCUT2D eigenvalue weighted by Crippen LogP contribution is 2.32. The third-order valence-corrected chi connectivity index (χ3v) is 4.63. The number of likely N-dealkylation sites (N-methyl/N-ethyl adjacent to an activating group) is 1. The maximum atomic E-state index is 12.0. The van der Waals surface area contributed by atoms with Crippen molar-refractivity contribution in [3.05, 3.63) is 21.4 Å². The first-order valence-corrected chi connectivity index (χ1v) is 7.62. The van der Waals surface area contributed by atoms with Crippen molar-refractivity contribution in [2.45, 2.75) is 33.1 Å². The Hall–Kier alpha value is -0.870. The summed E-state index contributed by atoms with van der Waals surface area (Å²) in [5, 5.41) is 6.16. The zero-order chi connectivity index (χ0) is 13.0. The molecule has 2 rings (SSSR count). The Morgan fingerprint density at radius 2 is 2.33 bits per heavy atom. The minimum atomic E-state index is 0.0833. The van der Waals surface area contributed by atoms with E-state index in [9.17, 15) is 4.79 Å². The van der Waals surface area contributed by atoms with E-state index in [1.807, 2.05) is 0 Å². The van der Waals surface area contributed by atoms with Crippen molar-refractivity contribution in [1.82, 2.24) is 10.6 Å². The molecule has 1 heterocycles. The number of carbonyl (C=O) groups excluding carboxylic acids is 1. The molecule has 1 unspecified atom stereocenters. The van der Waals surface area contributed by atoms with Gasteiger partial charge in [-0.25, -0.2) is 0 Å². The molecule has 3 nitrogen and oxygen atoms in total. The molecular formula is C14H22N2OS. The van der Waals surface area contributed by atoms with Crippen LogP contribution in [0.2, 0.25) is 0 Å². The molecule has 0 saturated carbocycles. The first-order valence-electron chi connectivity index (χ1n) is 6.81. The van der Waals surface area contributed by atoms with Gasteiger partial charge in [0.05, 0.1) is 4.88 Å². The Morgan fingerprint density at radius 1 is 1.50 bits per heavy atom. The SMILES string of the molecule is CCNCCNC(=O)c1cc2c(s1)CCC(C)C2. The number of aryl methyl sites for hydroxylation is 1.